The molecule has 1 aromatic heterocycles. The first kappa shape index (κ1) is 19.0. The summed E-state index contributed by atoms with van der Waals surface area (Å²) in [7, 11) is 0. The Morgan fingerprint density at radius 3 is 2.44 bits per heavy atom. The Morgan fingerprint density at radius 2 is 1.78 bits per heavy atom. The molecule has 1 aliphatic rings. The molecule has 0 bridgehead atoms. The monoisotopic (exact) mass is 434 g/mol. The van der Waals surface area contributed by atoms with Crippen LogP contribution in [0.1, 0.15) is 42.5 Å². The minimum absolute atomic E-state index is 0.0706. The maximum atomic E-state index is 12.2. The van der Waals surface area contributed by atoms with Gasteiger partial charge in [0.2, 0.25) is 11.6 Å². The molecule has 1 aromatic carbocycles. The molecule has 1 amide bonds. The van der Waals surface area contributed by atoms with Gasteiger partial charge in [-0.15, -0.1) is 0 Å². The van der Waals surface area contributed by atoms with Gasteiger partial charge in [-0.05, 0) is 37.1 Å². The molecule has 0 aliphatic heterocycles. The van der Waals surface area contributed by atoms with Gasteiger partial charge in [-0.1, -0.05) is 35.2 Å². The number of anilines is 2. The molecule has 0 spiro atoms. The number of nitro groups is 1. The fourth-order valence-electron chi connectivity index (χ4n) is 2.98. The summed E-state index contributed by atoms with van der Waals surface area (Å²) in [6.45, 7) is 0. The Bertz CT molecular complexity index is 824. The molecule has 0 radical (unpaired) electrons. The average molecular weight is 435 g/mol. The minimum atomic E-state index is -0.556. The van der Waals surface area contributed by atoms with Crippen molar-refractivity contribution in [3.63, 3.8) is 0 Å². The van der Waals surface area contributed by atoms with E-state index >= 15 is 0 Å². The van der Waals surface area contributed by atoms with Gasteiger partial charge in [-0.25, -0.2) is 9.97 Å². The molecule has 0 saturated heterocycles. The van der Waals surface area contributed by atoms with E-state index in [4.69, 9.17) is 0 Å². The summed E-state index contributed by atoms with van der Waals surface area (Å²) in [4.78, 5) is 31.1. The van der Waals surface area contributed by atoms with Gasteiger partial charge in [0.15, 0.2) is 0 Å². The van der Waals surface area contributed by atoms with E-state index in [1.165, 1.54) is 12.7 Å². The topological polar surface area (TPSA) is 122 Å². The summed E-state index contributed by atoms with van der Waals surface area (Å²) >= 11 is 3.30. The van der Waals surface area contributed by atoms with Crippen LogP contribution in [0.3, 0.4) is 0 Å². The third-order valence-electron chi connectivity index (χ3n) is 4.35. The molecule has 10 heteroatoms. The zero-order valence-electron chi connectivity index (χ0n) is 14.4. The molecule has 27 heavy (non-hydrogen) atoms. The van der Waals surface area contributed by atoms with Crippen molar-refractivity contribution >= 4 is 39.2 Å². The summed E-state index contributed by atoms with van der Waals surface area (Å²) < 4.78 is 0.844. The lowest BCUT2D eigenvalue weighted by Gasteiger charge is -2.23. The summed E-state index contributed by atoms with van der Waals surface area (Å²) in [6, 6.07) is 6.87. The molecule has 2 aromatic rings. The standard InChI is InChI=1S/C17H19BrN6O3/c18-12-8-6-11(7-9-12)17(25)23-22-16-14(24(26)27)15(19-10-20-16)21-13-4-2-1-3-5-13/h6-10,13H,1-5H2,(H,23,25)(H2,19,20,21,22). The maximum absolute atomic E-state index is 12.2. The normalized spacial score (nSPS) is 14.4. The molecule has 142 valence electrons. The SMILES string of the molecule is O=C(NNc1ncnc(NC2CCCCC2)c1[N+](=O)[O-])c1ccc(Br)cc1. The molecule has 1 fully saturated rings. The predicted molar refractivity (Wildman–Crippen MR) is 104 cm³/mol. The van der Waals surface area contributed by atoms with Gasteiger partial charge in [0, 0.05) is 16.1 Å². The maximum Gasteiger partial charge on any atom is 0.354 e. The van der Waals surface area contributed by atoms with Crippen LogP contribution in [-0.4, -0.2) is 26.8 Å². The van der Waals surface area contributed by atoms with Crippen molar-refractivity contribution in [2.24, 2.45) is 0 Å². The molecular weight excluding hydrogens is 416 g/mol. The Morgan fingerprint density at radius 1 is 1.11 bits per heavy atom. The predicted octanol–water partition coefficient (Wildman–Crippen LogP) is 3.65. The second kappa shape index (κ2) is 8.76. The van der Waals surface area contributed by atoms with E-state index in [-0.39, 0.29) is 23.4 Å². The van der Waals surface area contributed by atoms with E-state index in [1.807, 2.05) is 0 Å². The number of nitrogens with zero attached hydrogens (tertiary/aromatic N) is 3. The Labute approximate surface area is 164 Å². The third kappa shape index (κ3) is 4.91. The van der Waals surface area contributed by atoms with Crippen molar-refractivity contribution in [1.82, 2.24) is 15.4 Å². The molecule has 3 N–H and O–H groups in total. The first-order valence-electron chi connectivity index (χ1n) is 8.62. The highest BCUT2D eigenvalue weighted by atomic mass is 79.9. The number of carbonyl (C=O) groups is 1. The number of carbonyl (C=O) groups excluding carboxylic acids is 1. The van der Waals surface area contributed by atoms with Gasteiger partial charge in [0.25, 0.3) is 5.91 Å². The lowest BCUT2D eigenvalue weighted by atomic mass is 9.95. The number of hydrazine groups is 1. The van der Waals surface area contributed by atoms with Gasteiger partial charge in [-0.2, -0.15) is 0 Å². The lowest BCUT2D eigenvalue weighted by molar-refractivity contribution is -0.383. The van der Waals surface area contributed by atoms with E-state index in [1.54, 1.807) is 24.3 Å². The number of aromatic nitrogens is 2. The van der Waals surface area contributed by atoms with Crippen molar-refractivity contribution in [1.29, 1.82) is 0 Å². The number of hydrogen-bond donors (Lipinski definition) is 3. The molecule has 1 saturated carbocycles. The summed E-state index contributed by atoms with van der Waals surface area (Å²) in [5, 5.41) is 14.7. The zero-order chi connectivity index (χ0) is 19.2. The highest BCUT2D eigenvalue weighted by Gasteiger charge is 2.26. The fourth-order valence-corrected chi connectivity index (χ4v) is 3.24. The molecular formula is C17H19BrN6O3. The average Bonchev–Trinajstić information content (AvgIpc) is 2.67. The van der Waals surface area contributed by atoms with Crippen molar-refractivity contribution in [3.05, 3.63) is 50.7 Å². The van der Waals surface area contributed by atoms with Crippen molar-refractivity contribution < 1.29 is 9.72 Å². The van der Waals surface area contributed by atoms with Gasteiger partial charge < -0.3 is 5.32 Å². The van der Waals surface area contributed by atoms with Crippen LogP contribution in [0.25, 0.3) is 0 Å². The van der Waals surface area contributed by atoms with Crippen LogP contribution in [0.5, 0.6) is 0 Å². The van der Waals surface area contributed by atoms with Gasteiger partial charge in [0.05, 0.1) is 4.92 Å². The Hall–Kier alpha value is -2.75. The number of halogens is 1. The van der Waals surface area contributed by atoms with Gasteiger partial charge >= 0.3 is 5.69 Å². The first-order valence-corrected chi connectivity index (χ1v) is 9.42. The molecule has 0 atom stereocenters. The van der Waals surface area contributed by atoms with Crippen molar-refractivity contribution in [3.8, 4) is 0 Å². The molecule has 3 rings (SSSR count). The third-order valence-corrected chi connectivity index (χ3v) is 4.88. The van der Waals surface area contributed by atoms with Crippen LogP contribution >= 0.6 is 15.9 Å². The molecule has 9 nitrogen and oxygen atoms in total. The summed E-state index contributed by atoms with van der Waals surface area (Å²) in [5.41, 5.74) is 5.09. The quantitative estimate of drug-likeness (QED) is 0.468. The van der Waals surface area contributed by atoms with Gasteiger partial charge in [0.1, 0.15) is 6.33 Å². The van der Waals surface area contributed by atoms with Crippen LogP contribution in [-0.2, 0) is 0 Å². The highest BCUT2D eigenvalue weighted by molar-refractivity contribution is 9.10. The largest absolute Gasteiger partial charge is 0.361 e. The first-order chi connectivity index (χ1) is 13.0. The van der Waals surface area contributed by atoms with Crippen LogP contribution in [0.4, 0.5) is 17.3 Å². The summed E-state index contributed by atoms with van der Waals surface area (Å²) in [5.74, 6) is -0.349. The molecule has 1 heterocycles. The summed E-state index contributed by atoms with van der Waals surface area (Å²) in [6.07, 6.45) is 6.48. The van der Waals surface area contributed by atoms with E-state index in [0.717, 1.165) is 30.2 Å². The zero-order valence-corrected chi connectivity index (χ0v) is 16.0. The van der Waals surface area contributed by atoms with E-state index in [0.29, 0.717) is 5.56 Å². The second-order valence-electron chi connectivity index (χ2n) is 6.24. The van der Waals surface area contributed by atoms with E-state index in [9.17, 15) is 14.9 Å². The Kier molecular flexibility index (Phi) is 6.17. The number of rotatable bonds is 6. The van der Waals surface area contributed by atoms with Crippen LogP contribution in [0.15, 0.2) is 35.1 Å². The van der Waals surface area contributed by atoms with E-state index < -0.39 is 10.8 Å². The number of nitrogens with one attached hydrogen (secondary N) is 3. The van der Waals surface area contributed by atoms with Crippen LogP contribution in [0, 0.1) is 10.1 Å². The minimum Gasteiger partial charge on any atom is -0.361 e. The van der Waals surface area contributed by atoms with E-state index in [2.05, 4.69) is 42.1 Å². The van der Waals surface area contributed by atoms with Gasteiger partial charge in [-0.3, -0.25) is 25.8 Å². The van der Waals surface area contributed by atoms with Crippen LogP contribution in [0.2, 0.25) is 0 Å². The second-order valence-corrected chi connectivity index (χ2v) is 7.16. The fraction of sp³-hybridized carbons (Fsp3) is 0.353. The Balaban J connectivity index is 1.74. The number of benzene rings is 1. The number of amides is 1. The highest BCUT2D eigenvalue weighted by Crippen LogP contribution is 2.31. The van der Waals surface area contributed by atoms with Crippen LogP contribution < -0.4 is 16.2 Å². The smallest absolute Gasteiger partial charge is 0.354 e. The lowest BCUT2D eigenvalue weighted by Crippen LogP contribution is -2.30. The molecule has 1 aliphatic carbocycles. The van der Waals surface area contributed by atoms with Crippen molar-refractivity contribution in [2.45, 2.75) is 38.1 Å². The number of hydrogen-bond acceptors (Lipinski definition) is 7. The van der Waals surface area contributed by atoms with Crippen molar-refractivity contribution in [2.75, 3.05) is 10.7 Å². The molecule has 0 unspecified atom stereocenters.